The molecule has 0 aromatic heterocycles. The lowest BCUT2D eigenvalue weighted by molar-refractivity contribution is -0.231. The molecule has 0 aromatic carbocycles. The van der Waals surface area contributed by atoms with Gasteiger partial charge in [0.25, 0.3) is 0 Å². The number of hydrogen-bond acceptors (Lipinski definition) is 3. The molecular weight excluding hydrogens is 196 g/mol. The van der Waals surface area contributed by atoms with Gasteiger partial charge < -0.3 is 13.9 Å². The Morgan fingerprint density at radius 1 is 1.00 bits per heavy atom. The van der Waals surface area contributed by atoms with Gasteiger partial charge in [0.05, 0.1) is 0 Å². The van der Waals surface area contributed by atoms with Crippen molar-refractivity contribution in [2.45, 2.75) is 11.4 Å². The summed E-state index contributed by atoms with van der Waals surface area (Å²) < 4.78 is 16.0. The number of rotatable bonds is 7. The molecule has 0 bridgehead atoms. The lowest BCUT2D eigenvalue weighted by Crippen LogP contribution is -2.54. The Balaban J connectivity index is 5.40. The minimum atomic E-state index is -1.07. The van der Waals surface area contributed by atoms with Gasteiger partial charge in [-0.2, -0.15) is 0 Å². The van der Waals surface area contributed by atoms with Gasteiger partial charge in [-0.3, -0.25) is 0 Å². The summed E-state index contributed by atoms with van der Waals surface area (Å²) in [5.74, 6) is -1.07. The Morgan fingerprint density at radius 3 is 1.50 bits per heavy atom. The van der Waals surface area contributed by atoms with Crippen LogP contribution < -0.4 is 0 Å². The molecule has 0 saturated carbocycles. The van der Waals surface area contributed by atoms with Gasteiger partial charge in [-0.05, 0) is 6.08 Å². The van der Waals surface area contributed by atoms with E-state index in [0.717, 1.165) is 0 Å². The Hall–Kier alpha value is -0.683. The van der Waals surface area contributed by atoms with E-state index in [1.54, 1.807) is 12.2 Å². The summed E-state index contributed by atoms with van der Waals surface area (Å²) >= 11 is 0. The highest BCUT2D eigenvalue weighted by Crippen LogP contribution is 2.33. The standard InChI is InChI=1S/C10H18O3Si/c1-6-9(7-2,13-14)10(8-3,11-4)12-5/h6-8H,1-3H2,4-5,14H3. The van der Waals surface area contributed by atoms with E-state index in [9.17, 15) is 0 Å². The van der Waals surface area contributed by atoms with Crippen molar-refractivity contribution >= 4 is 10.5 Å². The smallest absolute Gasteiger partial charge is 0.223 e. The molecule has 3 nitrogen and oxygen atoms in total. The SMILES string of the molecule is C=CC(C=C)(O[SiH3])C(C=C)(OC)OC. The monoisotopic (exact) mass is 214 g/mol. The molecule has 0 spiro atoms. The van der Waals surface area contributed by atoms with Crippen molar-refractivity contribution in [2.24, 2.45) is 0 Å². The van der Waals surface area contributed by atoms with E-state index in [-0.39, 0.29) is 0 Å². The summed E-state index contributed by atoms with van der Waals surface area (Å²) in [7, 11) is 3.55. The third-order valence-electron chi connectivity index (χ3n) is 2.36. The molecule has 0 atom stereocenters. The highest BCUT2D eigenvalue weighted by atomic mass is 28.2. The van der Waals surface area contributed by atoms with Crippen LogP contribution >= 0.6 is 0 Å². The average Bonchev–Trinajstić information content (AvgIpc) is 2.27. The molecule has 80 valence electrons. The number of methoxy groups -OCH3 is 2. The molecule has 0 unspecified atom stereocenters. The molecule has 0 amide bonds. The Labute approximate surface area is 88.6 Å². The van der Waals surface area contributed by atoms with Crippen LogP contribution in [-0.2, 0) is 13.9 Å². The molecule has 0 aliphatic heterocycles. The van der Waals surface area contributed by atoms with Crippen LogP contribution in [0.25, 0.3) is 0 Å². The second kappa shape index (κ2) is 5.26. The lowest BCUT2D eigenvalue weighted by atomic mass is 9.92. The molecule has 0 saturated heterocycles. The maximum absolute atomic E-state index is 5.46. The Bertz CT molecular complexity index is 213. The van der Waals surface area contributed by atoms with Crippen molar-refractivity contribution in [3.8, 4) is 0 Å². The van der Waals surface area contributed by atoms with Crippen LogP contribution in [0.15, 0.2) is 38.0 Å². The zero-order chi connectivity index (χ0) is 11.2. The molecule has 4 heteroatoms. The summed E-state index contributed by atoms with van der Waals surface area (Å²) in [6, 6.07) is 0. The van der Waals surface area contributed by atoms with Gasteiger partial charge in [0.1, 0.15) is 10.5 Å². The van der Waals surface area contributed by atoms with Crippen LogP contribution in [0, 0.1) is 0 Å². The summed E-state index contributed by atoms with van der Waals surface area (Å²) in [5, 5.41) is 0. The largest absolute Gasteiger partial charge is 0.411 e. The normalized spacial score (nSPS) is 12.4. The van der Waals surface area contributed by atoms with Crippen LogP contribution in [0.4, 0.5) is 0 Å². The number of ether oxygens (including phenoxy) is 2. The van der Waals surface area contributed by atoms with E-state index < -0.39 is 11.4 Å². The predicted octanol–water partition coefficient (Wildman–Crippen LogP) is 0.569. The van der Waals surface area contributed by atoms with Gasteiger partial charge >= 0.3 is 0 Å². The van der Waals surface area contributed by atoms with Crippen molar-refractivity contribution < 1.29 is 13.9 Å². The molecule has 0 heterocycles. The van der Waals surface area contributed by atoms with Gasteiger partial charge in [-0.25, -0.2) is 0 Å². The minimum Gasteiger partial charge on any atom is -0.411 e. The van der Waals surface area contributed by atoms with Gasteiger partial charge in [0.15, 0.2) is 5.60 Å². The summed E-state index contributed by atoms with van der Waals surface area (Å²) in [5.41, 5.74) is -0.884. The van der Waals surface area contributed by atoms with Crippen LogP contribution in [0.1, 0.15) is 0 Å². The molecule has 0 radical (unpaired) electrons. The third kappa shape index (κ3) is 1.74. The molecule has 0 N–H and O–H groups in total. The number of hydrogen-bond donors (Lipinski definition) is 0. The van der Waals surface area contributed by atoms with Crippen LogP contribution in [0.5, 0.6) is 0 Å². The van der Waals surface area contributed by atoms with Gasteiger partial charge in [-0.15, -0.1) is 0 Å². The van der Waals surface area contributed by atoms with E-state index in [0.29, 0.717) is 10.5 Å². The maximum atomic E-state index is 5.46. The van der Waals surface area contributed by atoms with E-state index in [4.69, 9.17) is 13.9 Å². The zero-order valence-electron chi connectivity index (χ0n) is 9.08. The minimum absolute atomic E-state index is 0.510. The highest BCUT2D eigenvalue weighted by Gasteiger charge is 2.47. The molecule has 0 aliphatic rings. The van der Waals surface area contributed by atoms with Gasteiger partial charge in [0, 0.05) is 14.2 Å². The Kier molecular flexibility index (Phi) is 5.00. The predicted molar refractivity (Wildman–Crippen MR) is 61.1 cm³/mol. The molecule has 0 aliphatic carbocycles. The first-order valence-corrected chi connectivity index (χ1v) is 4.99. The topological polar surface area (TPSA) is 27.7 Å². The zero-order valence-corrected chi connectivity index (χ0v) is 11.1. The average molecular weight is 214 g/mol. The van der Waals surface area contributed by atoms with E-state index in [1.807, 2.05) is 0 Å². The first-order valence-electron chi connectivity index (χ1n) is 4.18. The van der Waals surface area contributed by atoms with Crippen LogP contribution in [0.2, 0.25) is 0 Å². The second-order valence-electron chi connectivity index (χ2n) is 2.69. The van der Waals surface area contributed by atoms with E-state index in [1.165, 1.54) is 20.3 Å². The quantitative estimate of drug-likeness (QED) is 0.352. The molecule has 0 fully saturated rings. The lowest BCUT2D eigenvalue weighted by Gasteiger charge is -2.42. The first kappa shape index (κ1) is 13.3. The highest BCUT2D eigenvalue weighted by molar-refractivity contribution is 5.98. The fourth-order valence-corrected chi connectivity index (χ4v) is 2.02. The summed E-state index contributed by atoms with van der Waals surface area (Å²) in [6.07, 6.45) is 4.73. The van der Waals surface area contributed by atoms with Gasteiger partial charge in [-0.1, -0.05) is 31.9 Å². The first-order chi connectivity index (χ1) is 6.61. The maximum Gasteiger partial charge on any atom is 0.223 e. The van der Waals surface area contributed by atoms with Crippen molar-refractivity contribution in [1.29, 1.82) is 0 Å². The van der Waals surface area contributed by atoms with Crippen LogP contribution in [0.3, 0.4) is 0 Å². The van der Waals surface area contributed by atoms with Crippen molar-refractivity contribution in [1.82, 2.24) is 0 Å². The summed E-state index contributed by atoms with van der Waals surface area (Å²) in [4.78, 5) is 0. The molecule has 14 heavy (non-hydrogen) atoms. The van der Waals surface area contributed by atoms with Crippen molar-refractivity contribution in [3.63, 3.8) is 0 Å². The molecule has 0 rings (SSSR count). The summed E-state index contributed by atoms with van der Waals surface area (Å²) in [6.45, 7) is 11.1. The van der Waals surface area contributed by atoms with Crippen molar-refractivity contribution in [3.05, 3.63) is 38.0 Å². The second-order valence-corrected chi connectivity index (χ2v) is 3.09. The van der Waals surface area contributed by atoms with E-state index in [2.05, 4.69) is 19.7 Å². The third-order valence-corrected chi connectivity index (χ3v) is 3.04. The van der Waals surface area contributed by atoms with Crippen LogP contribution in [-0.4, -0.2) is 36.1 Å². The Morgan fingerprint density at radius 2 is 1.43 bits per heavy atom. The fourth-order valence-electron chi connectivity index (χ4n) is 1.41. The molecule has 0 aromatic rings. The van der Waals surface area contributed by atoms with E-state index >= 15 is 0 Å². The van der Waals surface area contributed by atoms with Crippen molar-refractivity contribution in [2.75, 3.05) is 14.2 Å². The molecular formula is C10H18O3Si. The van der Waals surface area contributed by atoms with Gasteiger partial charge in [0.2, 0.25) is 5.79 Å². The fraction of sp³-hybridized carbons (Fsp3) is 0.400.